The lowest BCUT2D eigenvalue weighted by molar-refractivity contribution is -0.147. The molecule has 3 amide bonds. The normalized spacial score (nSPS) is 22.7. The van der Waals surface area contributed by atoms with Crippen molar-refractivity contribution in [2.75, 3.05) is 29.6 Å². The molecule has 0 aromatic heterocycles. The number of aromatic hydroxyl groups is 1. The lowest BCUT2D eigenvalue weighted by atomic mass is 9.59. The summed E-state index contributed by atoms with van der Waals surface area (Å²) in [6.07, 6.45) is -0.246. The molecule has 12 heteroatoms. The molecule has 44 heavy (non-hydrogen) atoms. The van der Waals surface area contributed by atoms with E-state index in [-0.39, 0.29) is 29.7 Å². The van der Waals surface area contributed by atoms with E-state index in [1.807, 2.05) is 30.3 Å². The van der Waals surface area contributed by atoms with E-state index in [0.717, 1.165) is 10.8 Å². The summed E-state index contributed by atoms with van der Waals surface area (Å²) >= 11 is 0. The topological polar surface area (TPSA) is 203 Å². The number of nitrogens with zero attached hydrogens (tertiary/aromatic N) is 1. The Hall–Kier alpha value is -5.36. The highest BCUT2D eigenvalue weighted by Gasteiger charge is 2.60. The van der Waals surface area contributed by atoms with E-state index in [1.54, 1.807) is 37.2 Å². The summed E-state index contributed by atoms with van der Waals surface area (Å²) in [4.78, 5) is 53.1. The fourth-order valence-corrected chi connectivity index (χ4v) is 6.77. The first-order valence-corrected chi connectivity index (χ1v) is 13.9. The van der Waals surface area contributed by atoms with Crippen molar-refractivity contribution in [2.45, 2.75) is 24.9 Å². The molecule has 0 heterocycles. The molecule has 0 spiro atoms. The van der Waals surface area contributed by atoms with Crippen LogP contribution in [0, 0.1) is 11.8 Å². The minimum absolute atomic E-state index is 0.0178. The van der Waals surface area contributed by atoms with Crippen LogP contribution in [0.5, 0.6) is 5.75 Å². The minimum atomic E-state index is -2.66. The van der Waals surface area contributed by atoms with Crippen molar-refractivity contribution < 1.29 is 39.6 Å². The van der Waals surface area contributed by atoms with Crippen LogP contribution in [-0.4, -0.2) is 63.6 Å². The van der Waals surface area contributed by atoms with E-state index in [9.17, 15) is 39.6 Å². The molecule has 0 unspecified atom stereocenters. The number of aliphatic hydroxyl groups is 3. The summed E-state index contributed by atoms with van der Waals surface area (Å²) in [6.45, 7) is 0. The van der Waals surface area contributed by atoms with Crippen molar-refractivity contribution in [3.8, 4) is 5.75 Å². The lowest BCUT2D eigenvalue weighted by Crippen LogP contribution is -2.58. The third-order valence-electron chi connectivity index (χ3n) is 8.81. The molecule has 3 aromatic carbocycles. The predicted molar refractivity (Wildman–Crippen MR) is 162 cm³/mol. The summed E-state index contributed by atoms with van der Waals surface area (Å²) in [5.41, 5.74) is 2.85. The van der Waals surface area contributed by atoms with Crippen LogP contribution in [0.25, 0.3) is 16.5 Å². The number of rotatable bonds is 4. The number of phenols is 1. The molecule has 0 bridgehead atoms. The predicted octanol–water partition coefficient (Wildman–Crippen LogP) is 3.29. The van der Waals surface area contributed by atoms with Crippen LogP contribution < -0.4 is 21.3 Å². The number of fused-ring (bicyclic) bond motifs is 4. The van der Waals surface area contributed by atoms with Crippen molar-refractivity contribution in [2.24, 2.45) is 17.6 Å². The van der Waals surface area contributed by atoms with Crippen molar-refractivity contribution in [1.82, 2.24) is 0 Å². The van der Waals surface area contributed by atoms with Crippen LogP contribution in [0.15, 0.2) is 65.4 Å². The lowest BCUT2D eigenvalue weighted by Gasteiger charge is -2.46. The van der Waals surface area contributed by atoms with E-state index >= 15 is 0 Å². The smallest absolute Gasteiger partial charge is 0.323 e. The molecule has 3 atom stereocenters. The van der Waals surface area contributed by atoms with E-state index in [2.05, 4.69) is 10.6 Å². The zero-order valence-electron chi connectivity index (χ0n) is 23.8. The van der Waals surface area contributed by atoms with Gasteiger partial charge in [-0.15, -0.1) is 0 Å². The second kappa shape index (κ2) is 10.1. The Bertz CT molecular complexity index is 1870. The highest BCUT2D eigenvalue weighted by atomic mass is 16.3. The van der Waals surface area contributed by atoms with Gasteiger partial charge < -0.3 is 41.7 Å². The molecule has 1 fully saturated rings. The van der Waals surface area contributed by atoms with Gasteiger partial charge in [-0.05, 0) is 41.8 Å². The van der Waals surface area contributed by atoms with E-state index in [1.165, 1.54) is 0 Å². The van der Waals surface area contributed by atoms with Crippen LogP contribution in [0.2, 0.25) is 0 Å². The number of ketones is 2. The maximum absolute atomic E-state index is 13.8. The maximum Gasteiger partial charge on any atom is 0.323 e. The number of Topliss-reactive ketones (excluding diaryl/α,β-unsaturated/α-hetero) is 2. The van der Waals surface area contributed by atoms with Gasteiger partial charge in [0.2, 0.25) is 5.78 Å². The van der Waals surface area contributed by atoms with Gasteiger partial charge in [-0.2, -0.15) is 0 Å². The standard InChI is InChI=1S/C32H30N4O8/c1-36(2)21-13-20(35-31(43)34-19-9-5-7-14-6-3-4-8-17(14)19)26(38)24-18(21)11-15-10-16-12-22(37)25(30(33)42)29(41)32(16,44)28(40)23(15)27(24)39/h3-9,13,15-16,38-39,41,44H,10-12H2,1-2H3,(H2,33,42)(H2,34,35,43)/t15-,16+,32+/m1/s1. The molecular weight excluding hydrogens is 568 g/mol. The fourth-order valence-electron chi connectivity index (χ4n) is 6.77. The second-order valence-electron chi connectivity index (χ2n) is 11.6. The van der Waals surface area contributed by atoms with Gasteiger partial charge in [0.05, 0.1) is 16.9 Å². The van der Waals surface area contributed by atoms with Crippen LogP contribution in [0.3, 0.4) is 0 Å². The average molecular weight is 599 g/mol. The molecule has 6 rings (SSSR count). The second-order valence-corrected chi connectivity index (χ2v) is 11.6. The van der Waals surface area contributed by atoms with Gasteiger partial charge in [0.15, 0.2) is 17.1 Å². The Kier molecular flexibility index (Phi) is 6.62. The van der Waals surface area contributed by atoms with E-state index in [4.69, 9.17) is 5.73 Å². The first-order chi connectivity index (χ1) is 20.8. The van der Waals surface area contributed by atoms with Crippen LogP contribution in [0.1, 0.15) is 24.0 Å². The zero-order valence-corrected chi connectivity index (χ0v) is 23.8. The van der Waals surface area contributed by atoms with Gasteiger partial charge >= 0.3 is 6.03 Å². The molecule has 0 saturated heterocycles. The highest BCUT2D eigenvalue weighted by Crippen LogP contribution is 2.54. The number of urea groups is 1. The molecule has 1 saturated carbocycles. The molecule has 226 valence electrons. The minimum Gasteiger partial charge on any atom is -0.508 e. The first-order valence-electron chi connectivity index (χ1n) is 13.9. The Morgan fingerprint density at radius 3 is 2.36 bits per heavy atom. The number of aliphatic hydroxyl groups excluding tert-OH is 2. The van der Waals surface area contributed by atoms with Crippen molar-refractivity contribution in [3.05, 3.63) is 76.6 Å². The molecule has 0 aliphatic heterocycles. The van der Waals surface area contributed by atoms with Crippen molar-refractivity contribution in [3.63, 3.8) is 0 Å². The summed E-state index contributed by atoms with van der Waals surface area (Å²) in [6, 6.07) is 13.8. The number of carbonyl (C=O) groups excluding carboxylic acids is 4. The number of hydrogen-bond donors (Lipinski definition) is 7. The van der Waals surface area contributed by atoms with Gasteiger partial charge in [-0.1, -0.05) is 36.4 Å². The number of carbonyl (C=O) groups is 4. The number of primary amides is 1. The quantitative estimate of drug-likeness (QED) is 0.174. The zero-order chi connectivity index (χ0) is 31.7. The molecule has 3 aromatic rings. The summed E-state index contributed by atoms with van der Waals surface area (Å²) in [5, 5.41) is 52.3. The molecule has 8 N–H and O–H groups in total. The van der Waals surface area contributed by atoms with Gasteiger partial charge in [0.1, 0.15) is 17.1 Å². The third kappa shape index (κ3) is 4.17. The molecule has 0 radical (unpaired) electrons. The van der Waals surface area contributed by atoms with Gasteiger partial charge in [-0.25, -0.2) is 4.79 Å². The monoisotopic (exact) mass is 598 g/mol. The SMILES string of the molecule is CN(C)c1cc(NC(=O)Nc2cccc3ccccc23)c(O)c2c1C[C@H]1C[C@H]3CC(=O)C(C(N)=O)=C(O)[C@@]3(O)C(=O)C1=C2O. The van der Waals surface area contributed by atoms with Crippen molar-refractivity contribution in [1.29, 1.82) is 0 Å². The van der Waals surface area contributed by atoms with Crippen LogP contribution in [-0.2, 0) is 20.8 Å². The molecular formula is C32H30N4O8. The van der Waals surface area contributed by atoms with Crippen LogP contribution in [0.4, 0.5) is 21.9 Å². The third-order valence-corrected chi connectivity index (χ3v) is 8.81. The summed E-state index contributed by atoms with van der Waals surface area (Å²) in [5.74, 6) is -7.20. The highest BCUT2D eigenvalue weighted by molar-refractivity contribution is 6.23. The number of nitrogens with two attached hydrogens (primary N) is 1. The summed E-state index contributed by atoms with van der Waals surface area (Å²) in [7, 11) is 3.48. The molecule has 3 aliphatic carbocycles. The number of phenolic OH excluding ortho intramolecular Hbond substituents is 1. The van der Waals surface area contributed by atoms with E-state index in [0.29, 0.717) is 16.9 Å². The fraction of sp³-hybridized carbons (Fsp3) is 0.250. The summed E-state index contributed by atoms with van der Waals surface area (Å²) < 4.78 is 0. The molecule has 12 nitrogen and oxygen atoms in total. The molecule has 3 aliphatic rings. The Morgan fingerprint density at radius 2 is 1.66 bits per heavy atom. The van der Waals surface area contributed by atoms with E-state index < -0.39 is 70.2 Å². The average Bonchev–Trinajstić information content (AvgIpc) is 2.96. The number of anilines is 3. The van der Waals surface area contributed by atoms with Gasteiger partial charge in [-0.3, -0.25) is 14.4 Å². The Labute approximate surface area is 251 Å². The number of amides is 3. The Morgan fingerprint density at radius 1 is 0.977 bits per heavy atom. The number of benzene rings is 3. The largest absolute Gasteiger partial charge is 0.508 e. The van der Waals surface area contributed by atoms with Crippen molar-refractivity contribution >= 4 is 57.1 Å². The first kappa shape index (κ1) is 28.7. The maximum atomic E-state index is 13.8. The van der Waals surface area contributed by atoms with Crippen LogP contribution >= 0.6 is 0 Å². The number of nitrogens with one attached hydrogen (secondary N) is 2. The number of hydrogen-bond acceptors (Lipinski definition) is 9. The van der Waals surface area contributed by atoms with Gasteiger partial charge in [0, 0.05) is 43.1 Å². The van der Waals surface area contributed by atoms with Gasteiger partial charge in [0.25, 0.3) is 5.91 Å². The Balaban J connectivity index is 1.42.